The number of carbonyl (C=O) groups excluding carboxylic acids is 1. The maximum Gasteiger partial charge on any atom is 0.246 e. The molecule has 10 heteroatoms. The lowest BCUT2D eigenvalue weighted by atomic mass is 10.2. The lowest BCUT2D eigenvalue weighted by Gasteiger charge is -2.36. The summed E-state index contributed by atoms with van der Waals surface area (Å²) in [7, 11) is -2.41. The van der Waals surface area contributed by atoms with Crippen LogP contribution in [0.4, 0.5) is 10.1 Å². The second-order valence-electron chi connectivity index (χ2n) is 6.89. The molecule has 0 bridgehead atoms. The van der Waals surface area contributed by atoms with Crippen molar-refractivity contribution in [2.24, 2.45) is 0 Å². The van der Waals surface area contributed by atoms with Gasteiger partial charge in [0.25, 0.3) is 0 Å². The van der Waals surface area contributed by atoms with E-state index in [0.29, 0.717) is 29.5 Å². The lowest BCUT2D eigenvalue weighted by Crippen LogP contribution is -2.54. The number of sulfonamides is 1. The number of methoxy groups -OCH3 is 1. The van der Waals surface area contributed by atoms with Gasteiger partial charge in [0.05, 0.1) is 18.2 Å². The predicted octanol–water partition coefficient (Wildman–Crippen LogP) is 2.82. The molecule has 0 spiro atoms. The topological polar surface area (TPSA) is 79.0 Å². The van der Waals surface area contributed by atoms with Gasteiger partial charge in [-0.3, -0.25) is 9.69 Å². The fourth-order valence-corrected chi connectivity index (χ4v) is 5.03. The lowest BCUT2D eigenvalue weighted by molar-refractivity contribution is -0.121. The maximum atomic E-state index is 13.9. The van der Waals surface area contributed by atoms with Crippen molar-refractivity contribution in [1.82, 2.24) is 9.21 Å². The number of nitrogens with one attached hydrogen (secondary N) is 1. The molecule has 1 atom stereocenters. The second kappa shape index (κ2) is 9.30. The molecule has 1 N–H and O–H groups in total. The van der Waals surface area contributed by atoms with Crippen LogP contribution in [0.3, 0.4) is 0 Å². The number of hydrogen-bond donors (Lipinski definition) is 1. The number of piperazine rings is 1. The normalized spacial score (nSPS) is 16.8. The number of carbonyl (C=O) groups is 1. The summed E-state index contributed by atoms with van der Waals surface area (Å²) in [4.78, 5) is 14.2. The number of nitrogens with zero attached hydrogens (tertiary/aromatic N) is 2. The van der Waals surface area contributed by atoms with Gasteiger partial charge in [-0.05, 0) is 37.3 Å². The van der Waals surface area contributed by atoms with Crippen molar-refractivity contribution < 1.29 is 22.3 Å². The van der Waals surface area contributed by atoms with Gasteiger partial charge in [0, 0.05) is 31.9 Å². The Balaban J connectivity index is 1.61. The molecule has 1 fully saturated rings. The van der Waals surface area contributed by atoms with E-state index in [2.05, 4.69) is 5.32 Å². The van der Waals surface area contributed by atoms with Crippen LogP contribution in [0.15, 0.2) is 47.4 Å². The second-order valence-corrected chi connectivity index (χ2v) is 9.20. The number of rotatable bonds is 6. The smallest absolute Gasteiger partial charge is 0.246 e. The van der Waals surface area contributed by atoms with E-state index in [-0.39, 0.29) is 23.9 Å². The number of amides is 1. The Labute approximate surface area is 180 Å². The minimum absolute atomic E-state index is 0.169. The molecule has 0 aromatic heterocycles. The first-order valence-corrected chi connectivity index (χ1v) is 11.2. The molecule has 7 nitrogen and oxygen atoms in total. The van der Waals surface area contributed by atoms with Gasteiger partial charge in [0.15, 0.2) is 0 Å². The molecule has 0 aliphatic carbocycles. The van der Waals surface area contributed by atoms with E-state index in [1.807, 2.05) is 4.90 Å². The van der Waals surface area contributed by atoms with E-state index in [1.54, 1.807) is 25.1 Å². The monoisotopic (exact) mass is 455 g/mol. The van der Waals surface area contributed by atoms with Gasteiger partial charge in [-0.2, -0.15) is 4.31 Å². The Hall–Kier alpha value is -2.20. The first kappa shape index (κ1) is 22.5. The Morgan fingerprint density at radius 2 is 1.83 bits per heavy atom. The number of ether oxygens (including phenoxy) is 1. The quantitative estimate of drug-likeness (QED) is 0.724. The van der Waals surface area contributed by atoms with Crippen LogP contribution in [-0.2, 0) is 14.8 Å². The largest absolute Gasteiger partial charge is 0.495 e. The molecule has 2 aromatic rings. The van der Waals surface area contributed by atoms with Crippen LogP contribution in [0.5, 0.6) is 5.75 Å². The van der Waals surface area contributed by atoms with Crippen molar-refractivity contribution >= 4 is 33.2 Å². The molecule has 1 heterocycles. The van der Waals surface area contributed by atoms with Crippen molar-refractivity contribution in [3.05, 3.63) is 53.3 Å². The van der Waals surface area contributed by atoms with E-state index in [9.17, 15) is 17.6 Å². The molecule has 0 radical (unpaired) electrons. The summed E-state index contributed by atoms with van der Waals surface area (Å²) in [6, 6.07) is 9.79. The molecule has 1 unspecified atom stereocenters. The Morgan fingerprint density at radius 3 is 2.43 bits per heavy atom. The van der Waals surface area contributed by atoms with Gasteiger partial charge in [0.2, 0.25) is 15.9 Å². The summed E-state index contributed by atoms with van der Waals surface area (Å²) in [6.07, 6.45) is 0. The summed E-state index contributed by atoms with van der Waals surface area (Å²) in [5, 5.41) is 3.19. The number of hydrogen-bond acceptors (Lipinski definition) is 5. The average Bonchev–Trinajstić information content (AvgIpc) is 2.73. The summed E-state index contributed by atoms with van der Waals surface area (Å²) >= 11 is 6.09. The van der Waals surface area contributed by atoms with Crippen molar-refractivity contribution in [3.8, 4) is 5.75 Å². The highest BCUT2D eigenvalue weighted by atomic mass is 35.5. The van der Waals surface area contributed by atoms with Crippen molar-refractivity contribution in [3.63, 3.8) is 0 Å². The van der Waals surface area contributed by atoms with Crippen molar-refractivity contribution in [1.29, 1.82) is 0 Å². The highest BCUT2D eigenvalue weighted by Crippen LogP contribution is 2.27. The van der Waals surface area contributed by atoms with Crippen molar-refractivity contribution in [2.75, 3.05) is 38.6 Å². The summed E-state index contributed by atoms with van der Waals surface area (Å²) < 4.78 is 45.7. The molecule has 1 aliphatic rings. The molecule has 30 heavy (non-hydrogen) atoms. The van der Waals surface area contributed by atoms with E-state index in [4.69, 9.17) is 16.3 Å². The summed E-state index contributed by atoms with van der Waals surface area (Å²) in [5.74, 6) is -0.498. The zero-order valence-electron chi connectivity index (χ0n) is 16.6. The Kier molecular flexibility index (Phi) is 6.97. The average molecular weight is 456 g/mol. The fourth-order valence-electron chi connectivity index (χ4n) is 3.28. The minimum Gasteiger partial charge on any atom is -0.495 e. The standard InChI is InChI=1S/C20H23ClFN3O4S/c1-14(20(26)23-15-7-8-18(29-2)16(21)13-15)24-9-11-25(12-10-24)30(27,28)19-6-4-3-5-17(19)22/h3-8,13-14H,9-12H2,1-2H3,(H,23,26). The van der Waals surface area contributed by atoms with Crippen LogP contribution in [-0.4, -0.2) is 62.9 Å². The fraction of sp³-hybridized carbons (Fsp3) is 0.350. The zero-order valence-corrected chi connectivity index (χ0v) is 18.2. The van der Waals surface area contributed by atoms with Gasteiger partial charge < -0.3 is 10.1 Å². The highest BCUT2D eigenvalue weighted by molar-refractivity contribution is 7.89. The van der Waals surface area contributed by atoms with E-state index in [1.165, 1.54) is 29.6 Å². The number of halogens is 2. The van der Waals surface area contributed by atoms with Gasteiger partial charge in [0.1, 0.15) is 16.5 Å². The molecule has 1 aliphatic heterocycles. The van der Waals surface area contributed by atoms with Crippen LogP contribution < -0.4 is 10.1 Å². The maximum absolute atomic E-state index is 13.9. The van der Waals surface area contributed by atoms with Crippen molar-refractivity contribution in [2.45, 2.75) is 17.9 Å². The number of anilines is 1. The van der Waals surface area contributed by atoms with Crippen LogP contribution in [0.25, 0.3) is 0 Å². The third-order valence-corrected chi connectivity index (χ3v) is 7.30. The van der Waals surface area contributed by atoms with Gasteiger partial charge in [-0.1, -0.05) is 23.7 Å². The Morgan fingerprint density at radius 1 is 1.17 bits per heavy atom. The first-order chi connectivity index (χ1) is 14.2. The Bertz CT molecular complexity index is 1030. The van der Waals surface area contributed by atoms with E-state index >= 15 is 0 Å². The molecular weight excluding hydrogens is 433 g/mol. The van der Waals surface area contributed by atoms with Crippen LogP contribution >= 0.6 is 11.6 Å². The molecule has 162 valence electrons. The zero-order chi connectivity index (χ0) is 21.9. The molecule has 1 saturated heterocycles. The third kappa shape index (κ3) is 4.75. The SMILES string of the molecule is COc1ccc(NC(=O)C(C)N2CCN(S(=O)(=O)c3ccccc3F)CC2)cc1Cl. The predicted molar refractivity (Wildman–Crippen MR) is 113 cm³/mol. The first-order valence-electron chi connectivity index (χ1n) is 9.37. The van der Waals surface area contributed by atoms with Gasteiger partial charge in [-0.15, -0.1) is 0 Å². The van der Waals surface area contributed by atoms with Crippen LogP contribution in [0, 0.1) is 5.82 Å². The highest BCUT2D eigenvalue weighted by Gasteiger charge is 2.33. The minimum atomic E-state index is -3.92. The molecule has 3 rings (SSSR count). The van der Waals surface area contributed by atoms with E-state index in [0.717, 1.165) is 6.07 Å². The van der Waals surface area contributed by atoms with Crippen LogP contribution in [0.2, 0.25) is 5.02 Å². The summed E-state index contributed by atoms with van der Waals surface area (Å²) in [6.45, 7) is 2.80. The third-order valence-electron chi connectivity index (χ3n) is 5.07. The molecule has 2 aromatic carbocycles. The summed E-state index contributed by atoms with van der Waals surface area (Å²) in [5.41, 5.74) is 0.540. The van der Waals surface area contributed by atoms with E-state index < -0.39 is 21.9 Å². The molecule has 0 saturated carbocycles. The van der Waals surface area contributed by atoms with Gasteiger partial charge in [-0.25, -0.2) is 12.8 Å². The van der Waals surface area contributed by atoms with Crippen LogP contribution in [0.1, 0.15) is 6.92 Å². The van der Waals surface area contributed by atoms with Gasteiger partial charge >= 0.3 is 0 Å². The molecule has 1 amide bonds. The molecular formula is C20H23ClFN3O4S. The number of benzene rings is 2.